The molecule has 7 heteroatoms. The summed E-state index contributed by atoms with van der Waals surface area (Å²) in [6.07, 6.45) is 0. The van der Waals surface area contributed by atoms with Crippen molar-refractivity contribution in [3.63, 3.8) is 0 Å². The average Bonchev–Trinajstić information content (AvgIpc) is 2.67. The molecule has 0 aromatic carbocycles. The highest BCUT2D eigenvalue weighted by molar-refractivity contribution is 5.69. The van der Waals surface area contributed by atoms with E-state index in [1.54, 1.807) is 7.05 Å². The van der Waals surface area contributed by atoms with Crippen molar-refractivity contribution in [1.29, 1.82) is 0 Å². The van der Waals surface area contributed by atoms with E-state index in [1.165, 1.54) is 4.57 Å². The number of nitrogens with one attached hydrogen (secondary N) is 2. The molecule has 2 heterocycles. The van der Waals surface area contributed by atoms with Crippen LogP contribution in [0.5, 0.6) is 0 Å². The molecule has 0 aliphatic heterocycles. The molecule has 18 heavy (non-hydrogen) atoms. The number of ether oxygens (including phenoxy) is 1. The maximum absolute atomic E-state index is 11.6. The van der Waals surface area contributed by atoms with Gasteiger partial charge in [0.15, 0.2) is 5.65 Å². The van der Waals surface area contributed by atoms with E-state index in [0.29, 0.717) is 11.5 Å². The third-order valence-corrected chi connectivity index (χ3v) is 2.45. The Balaban J connectivity index is 2.45. The maximum atomic E-state index is 11.6. The van der Waals surface area contributed by atoms with Gasteiger partial charge < -0.3 is 9.72 Å². The van der Waals surface area contributed by atoms with Crippen LogP contribution in [0.4, 0.5) is 0 Å². The number of nitrogens with zero attached hydrogens (tertiary/aromatic N) is 2. The van der Waals surface area contributed by atoms with Crippen LogP contribution in [0.3, 0.4) is 0 Å². The van der Waals surface area contributed by atoms with E-state index in [1.807, 2.05) is 20.8 Å². The predicted octanol–water partition coefficient (Wildman–Crippen LogP) is 0.265. The molecule has 0 atom stereocenters. The van der Waals surface area contributed by atoms with Gasteiger partial charge in [-0.3, -0.25) is 14.3 Å². The highest BCUT2D eigenvalue weighted by Crippen LogP contribution is 2.11. The fourth-order valence-corrected chi connectivity index (χ4v) is 1.51. The molecule has 0 fully saturated rings. The van der Waals surface area contributed by atoms with Crippen LogP contribution in [-0.4, -0.2) is 25.1 Å². The van der Waals surface area contributed by atoms with Crippen LogP contribution in [0.2, 0.25) is 0 Å². The van der Waals surface area contributed by atoms with Crippen molar-refractivity contribution >= 4 is 11.2 Å². The van der Waals surface area contributed by atoms with Crippen molar-refractivity contribution in [3.05, 3.63) is 26.7 Å². The lowest BCUT2D eigenvalue weighted by atomic mass is 10.2. The van der Waals surface area contributed by atoms with Gasteiger partial charge in [0.05, 0.1) is 5.60 Å². The molecule has 2 N–H and O–H groups in total. The summed E-state index contributed by atoms with van der Waals surface area (Å²) in [4.78, 5) is 32.3. The average molecular weight is 252 g/mol. The van der Waals surface area contributed by atoms with Gasteiger partial charge in [-0.25, -0.2) is 9.78 Å². The van der Waals surface area contributed by atoms with Crippen LogP contribution in [0.1, 0.15) is 26.6 Å². The zero-order valence-corrected chi connectivity index (χ0v) is 10.8. The summed E-state index contributed by atoms with van der Waals surface area (Å²) in [5.41, 5.74) is -0.636. The van der Waals surface area contributed by atoms with E-state index in [-0.39, 0.29) is 17.7 Å². The monoisotopic (exact) mass is 252 g/mol. The summed E-state index contributed by atoms with van der Waals surface area (Å²) >= 11 is 0. The lowest BCUT2D eigenvalue weighted by Gasteiger charge is -2.18. The minimum atomic E-state index is -0.484. The van der Waals surface area contributed by atoms with Gasteiger partial charge in [0.25, 0.3) is 5.56 Å². The zero-order valence-electron chi connectivity index (χ0n) is 10.8. The lowest BCUT2D eigenvalue weighted by molar-refractivity contribution is -0.0177. The Morgan fingerprint density at radius 3 is 2.56 bits per heavy atom. The van der Waals surface area contributed by atoms with E-state index < -0.39 is 11.2 Å². The first kappa shape index (κ1) is 12.6. The second-order valence-electron chi connectivity index (χ2n) is 5.10. The first-order chi connectivity index (χ1) is 8.28. The molecular formula is C11H16N4O3. The van der Waals surface area contributed by atoms with Crippen LogP contribution in [-0.2, 0) is 18.4 Å². The number of aromatic amines is 2. The highest BCUT2D eigenvalue weighted by atomic mass is 16.5. The molecule has 0 amide bonds. The molecule has 98 valence electrons. The van der Waals surface area contributed by atoms with Crippen molar-refractivity contribution in [3.8, 4) is 0 Å². The number of imidazole rings is 1. The normalized spacial score (nSPS) is 12.2. The van der Waals surface area contributed by atoms with E-state index in [2.05, 4.69) is 15.0 Å². The van der Waals surface area contributed by atoms with Crippen molar-refractivity contribution in [1.82, 2.24) is 19.5 Å². The Kier molecular flexibility index (Phi) is 2.86. The number of fused-ring (bicyclic) bond motifs is 1. The summed E-state index contributed by atoms with van der Waals surface area (Å²) in [7, 11) is 1.55. The molecule has 0 radical (unpaired) electrons. The molecule has 2 aromatic heterocycles. The van der Waals surface area contributed by atoms with Crippen LogP contribution in [0, 0.1) is 0 Å². The topological polar surface area (TPSA) is 92.8 Å². The molecule has 2 rings (SSSR count). The third-order valence-electron chi connectivity index (χ3n) is 2.45. The van der Waals surface area contributed by atoms with Gasteiger partial charge in [-0.2, -0.15) is 0 Å². The molecule has 0 aliphatic carbocycles. The van der Waals surface area contributed by atoms with Crippen molar-refractivity contribution < 1.29 is 4.74 Å². The first-order valence-corrected chi connectivity index (χ1v) is 5.60. The maximum Gasteiger partial charge on any atom is 0.329 e. The Bertz CT molecular complexity index is 687. The lowest BCUT2D eigenvalue weighted by Crippen LogP contribution is -2.28. The van der Waals surface area contributed by atoms with Crippen LogP contribution < -0.4 is 11.2 Å². The van der Waals surface area contributed by atoms with Gasteiger partial charge >= 0.3 is 5.69 Å². The Morgan fingerprint density at radius 2 is 1.94 bits per heavy atom. The van der Waals surface area contributed by atoms with Crippen LogP contribution in [0.25, 0.3) is 11.2 Å². The summed E-state index contributed by atoms with van der Waals surface area (Å²) < 4.78 is 6.85. The summed E-state index contributed by atoms with van der Waals surface area (Å²) in [5, 5.41) is 0. The minimum absolute atomic E-state index is 0.256. The molecular weight excluding hydrogens is 236 g/mol. The standard InChI is InChI=1S/C11H16N4O3/c1-11(2,3)18-5-6-12-7-8(13-6)15(4)10(17)14-9(7)16/h5H2,1-4H3,(H,12,13)(H,14,16,17). The second kappa shape index (κ2) is 4.09. The summed E-state index contributed by atoms with van der Waals surface area (Å²) in [6.45, 7) is 6.04. The first-order valence-electron chi connectivity index (χ1n) is 5.60. The molecule has 2 aromatic rings. The van der Waals surface area contributed by atoms with E-state index in [0.717, 1.165) is 0 Å². The Hall–Kier alpha value is -1.89. The largest absolute Gasteiger partial charge is 0.368 e. The number of aryl methyl sites for hydroxylation is 1. The smallest absolute Gasteiger partial charge is 0.329 e. The summed E-state index contributed by atoms with van der Waals surface area (Å²) in [5.74, 6) is 0.520. The van der Waals surface area contributed by atoms with Gasteiger partial charge in [0, 0.05) is 7.05 Å². The number of hydrogen-bond acceptors (Lipinski definition) is 4. The quantitative estimate of drug-likeness (QED) is 0.802. The predicted molar refractivity (Wildman–Crippen MR) is 66.5 cm³/mol. The third kappa shape index (κ3) is 2.35. The van der Waals surface area contributed by atoms with Gasteiger partial charge in [0.1, 0.15) is 17.9 Å². The summed E-state index contributed by atoms with van der Waals surface area (Å²) in [6, 6.07) is 0. The van der Waals surface area contributed by atoms with Crippen LogP contribution >= 0.6 is 0 Å². The van der Waals surface area contributed by atoms with Crippen molar-refractivity contribution in [2.45, 2.75) is 33.0 Å². The molecule has 0 saturated carbocycles. The number of H-pyrrole nitrogens is 2. The fraction of sp³-hybridized carbons (Fsp3) is 0.545. The van der Waals surface area contributed by atoms with E-state index >= 15 is 0 Å². The zero-order chi connectivity index (χ0) is 13.5. The number of hydrogen-bond donors (Lipinski definition) is 2. The number of rotatable bonds is 2. The van der Waals surface area contributed by atoms with E-state index in [9.17, 15) is 9.59 Å². The minimum Gasteiger partial charge on any atom is -0.368 e. The SMILES string of the molecule is Cn1c(=O)[nH]c(=O)c2[nH]c(COC(C)(C)C)nc21. The molecule has 0 spiro atoms. The second-order valence-corrected chi connectivity index (χ2v) is 5.10. The van der Waals surface area contributed by atoms with Gasteiger partial charge in [-0.1, -0.05) is 0 Å². The highest BCUT2D eigenvalue weighted by Gasteiger charge is 2.14. The molecule has 0 saturated heterocycles. The van der Waals surface area contributed by atoms with Gasteiger partial charge in [-0.15, -0.1) is 0 Å². The van der Waals surface area contributed by atoms with Crippen LogP contribution in [0.15, 0.2) is 9.59 Å². The number of aromatic nitrogens is 4. The molecule has 0 unspecified atom stereocenters. The van der Waals surface area contributed by atoms with Crippen molar-refractivity contribution in [2.75, 3.05) is 0 Å². The van der Waals surface area contributed by atoms with Gasteiger partial charge in [0.2, 0.25) is 0 Å². The fourth-order valence-electron chi connectivity index (χ4n) is 1.51. The van der Waals surface area contributed by atoms with E-state index in [4.69, 9.17) is 4.74 Å². The molecule has 7 nitrogen and oxygen atoms in total. The molecule has 0 aliphatic rings. The molecule has 0 bridgehead atoms. The Morgan fingerprint density at radius 1 is 1.28 bits per heavy atom. The Labute approximate surface area is 103 Å². The van der Waals surface area contributed by atoms with Gasteiger partial charge in [-0.05, 0) is 20.8 Å². The van der Waals surface area contributed by atoms with Crippen molar-refractivity contribution in [2.24, 2.45) is 7.05 Å².